The molecule has 4 heteroatoms. The van der Waals surface area contributed by atoms with Gasteiger partial charge in [-0.2, -0.15) is 0 Å². The van der Waals surface area contributed by atoms with E-state index in [9.17, 15) is 15.0 Å². The maximum Gasteiger partial charge on any atom is 0.220 e. The lowest BCUT2D eigenvalue weighted by molar-refractivity contribution is -0.123. The molecule has 1 amide bonds. The SMILES string of the molecule is CCCCCCCCCCCCCCCC(=O)N[C@@H](CO)[C@@H](O)c1ccccc1. The lowest BCUT2D eigenvalue weighted by Gasteiger charge is -2.22. The Balaban J connectivity index is 2.00. The number of aliphatic hydroxyl groups is 2. The predicted octanol–water partition coefficient (Wildman–Crippen LogP) is 5.68. The van der Waals surface area contributed by atoms with Crippen LogP contribution in [0.5, 0.6) is 0 Å². The Morgan fingerprint density at radius 3 is 1.79 bits per heavy atom. The summed E-state index contributed by atoms with van der Waals surface area (Å²) in [5, 5.41) is 22.6. The molecule has 29 heavy (non-hydrogen) atoms. The van der Waals surface area contributed by atoms with Gasteiger partial charge in [-0.1, -0.05) is 114 Å². The summed E-state index contributed by atoms with van der Waals surface area (Å²) >= 11 is 0. The predicted molar refractivity (Wildman–Crippen MR) is 121 cm³/mol. The largest absolute Gasteiger partial charge is 0.394 e. The van der Waals surface area contributed by atoms with E-state index in [0.29, 0.717) is 12.0 Å². The molecule has 3 N–H and O–H groups in total. The van der Waals surface area contributed by atoms with Crippen LogP contribution in [0.15, 0.2) is 30.3 Å². The third-order valence-corrected chi connectivity index (χ3v) is 5.57. The minimum atomic E-state index is -0.892. The fourth-order valence-electron chi connectivity index (χ4n) is 3.69. The van der Waals surface area contributed by atoms with E-state index in [2.05, 4.69) is 12.2 Å². The molecule has 2 atom stereocenters. The molecule has 1 rings (SSSR count). The van der Waals surface area contributed by atoms with E-state index < -0.39 is 12.1 Å². The van der Waals surface area contributed by atoms with E-state index in [0.717, 1.165) is 12.8 Å². The van der Waals surface area contributed by atoms with Crippen LogP contribution in [-0.4, -0.2) is 28.8 Å². The van der Waals surface area contributed by atoms with Crippen molar-refractivity contribution in [3.63, 3.8) is 0 Å². The maximum atomic E-state index is 12.1. The van der Waals surface area contributed by atoms with Gasteiger partial charge in [-0.15, -0.1) is 0 Å². The first-order chi connectivity index (χ1) is 14.2. The Morgan fingerprint density at radius 2 is 1.31 bits per heavy atom. The molecule has 0 radical (unpaired) electrons. The number of unbranched alkanes of at least 4 members (excludes halogenated alkanes) is 12. The topological polar surface area (TPSA) is 69.6 Å². The van der Waals surface area contributed by atoms with Crippen molar-refractivity contribution in [2.45, 2.75) is 109 Å². The van der Waals surface area contributed by atoms with Crippen LogP contribution >= 0.6 is 0 Å². The Bertz CT molecular complexity index is 506. The molecular formula is C25H43NO3. The normalized spacial score (nSPS) is 13.2. The molecule has 1 aromatic carbocycles. The molecule has 0 aliphatic carbocycles. The molecule has 0 saturated heterocycles. The van der Waals surface area contributed by atoms with Gasteiger partial charge in [0.15, 0.2) is 0 Å². The fraction of sp³-hybridized carbons (Fsp3) is 0.720. The number of hydrogen-bond acceptors (Lipinski definition) is 3. The van der Waals surface area contributed by atoms with Crippen molar-refractivity contribution in [1.29, 1.82) is 0 Å². The van der Waals surface area contributed by atoms with Gasteiger partial charge < -0.3 is 15.5 Å². The summed E-state index contributed by atoms with van der Waals surface area (Å²) in [6.07, 6.45) is 16.2. The minimum absolute atomic E-state index is 0.0953. The van der Waals surface area contributed by atoms with E-state index in [-0.39, 0.29) is 12.5 Å². The van der Waals surface area contributed by atoms with Gasteiger partial charge in [0.05, 0.1) is 12.6 Å². The molecular weight excluding hydrogens is 362 g/mol. The Morgan fingerprint density at radius 1 is 0.828 bits per heavy atom. The van der Waals surface area contributed by atoms with Crippen LogP contribution < -0.4 is 5.32 Å². The second kappa shape index (κ2) is 17.5. The summed E-state index contributed by atoms with van der Waals surface area (Å²) in [4.78, 5) is 12.1. The molecule has 0 aliphatic rings. The van der Waals surface area contributed by atoms with E-state index in [1.165, 1.54) is 70.6 Å². The smallest absolute Gasteiger partial charge is 0.220 e. The average Bonchev–Trinajstić information content (AvgIpc) is 2.75. The number of benzene rings is 1. The molecule has 0 spiro atoms. The van der Waals surface area contributed by atoms with Crippen molar-refractivity contribution in [1.82, 2.24) is 5.32 Å². The molecule has 0 aliphatic heterocycles. The van der Waals surface area contributed by atoms with Crippen LogP contribution in [-0.2, 0) is 4.79 Å². The quantitative estimate of drug-likeness (QED) is 0.275. The van der Waals surface area contributed by atoms with E-state index in [1.54, 1.807) is 12.1 Å². The second-order valence-electron chi connectivity index (χ2n) is 8.20. The summed E-state index contributed by atoms with van der Waals surface area (Å²) in [7, 11) is 0. The van der Waals surface area contributed by atoms with Crippen molar-refractivity contribution in [2.75, 3.05) is 6.61 Å². The minimum Gasteiger partial charge on any atom is -0.394 e. The van der Waals surface area contributed by atoms with Crippen molar-refractivity contribution in [3.8, 4) is 0 Å². The van der Waals surface area contributed by atoms with Crippen molar-refractivity contribution >= 4 is 5.91 Å². The summed E-state index contributed by atoms with van der Waals surface area (Å²) in [6, 6.07) is 8.48. The molecule has 0 aromatic heterocycles. The van der Waals surface area contributed by atoms with Gasteiger partial charge in [-0.25, -0.2) is 0 Å². The summed E-state index contributed by atoms with van der Waals surface area (Å²) < 4.78 is 0. The van der Waals surface area contributed by atoms with Crippen molar-refractivity contribution in [2.24, 2.45) is 0 Å². The summed E-state index contributed by atoms with van der Waals surface area (Å²) in [6.45, 7) is 1.98. The highest BCUT2D eigenvalue weighted by molar-refractivity contribution is 5.76. The van der Waals surface area contributed by atoms with Gasteiger partial charge in [-0.3, -0.25) is 4.79 Å². The van der Waals surface area contributed by atoms with Gasteiger partial charge in [-0.05, 0) is 12.0 Å². The molecule has 0 heterocycles. The van der Waals surface area contributed by atoms with Crippen molar-refractivity contribution < 1.29 is 15.0 Å². The molecule has 0 bridgehead atoms. The van der Waals surface area contributed by atoms with E-state index in [4.69, 9.17) is 0 Å². The van der Waals surface area contributed by atoms with E-state index >= 15 is 0 Å². The first kappa shape index (κ1) is 25.6. The second-order valence-corrected chi connectivity index (χ2v) is 8.20. The molecule has 1 aromatic rings. The highest BCUT2D eigenvalue weighted by Gasteiger charge is 2.21. The maximum absolute atomic E-state index is 12.1. The Kier molecular flexibility index (Phi) is 15.4. The molecule has 4 nitrogen and oxygen atoms in total. The number of aliphatic hydroxyl groups excluding tert-OH is 2. The molecule has 0 unspecified atom stereocenters. The first-order valence-electron chi connectivity index (χ1n) is 11.8. The molecule has 0 saturated carbocycles. The highest BCUT2D eigenvalue weighted by atomic mass is 16.3. The van der Waals surface area contributed by atoms with Crippen LogP contribution in [0.25, 0.3) is 0 Å². The van der Waals surface area contributed by atoms with Gasteiger partial charge in [0, 0.05) is 6.42 Å². The summed E-state index contributed by atoms with van der Waals surface area (Å²) in [5.41, 5.74) is 0.702. The zero-order valence-electron chi connectivity index (χ0n) is 18.5. The fourth-order valence-corrected chi connectivity index (χ4v) is 3.69. The van der Waals surface area contributed by atoms with Crippen LogP contribution in [0.2, 0.25) is 0 Å². The standard InChI is InChI=1S/C25H43NO3/c1-2-3-4-5-6-7-8-9-10-11-12-13-17-20-24(28)26-23(21-27)25(29)22-18-15-14-16-19-22/h14-16,18-19,23,25,27,29H,2-13,17,20-21H2,1H3,(H,26,28)/t23-,25-/m0/s1. The zero-order valence-corrected chi connectivity index (χ0v) is 18.5. The average molecular weight is 406 g/mol. The van der Waals surface area contributed by atoms with Crippen molar-refractivity contribution in [3.05, 3.63) is 35.9 Å². The molecule has 0 fully saturated rings. The lowest BCUT2D eigenvalue weighted by Crippen LogP contribution is -2.41. The van der Waals surface area contributed by atoms with Gasteiger partial charge in [0.1, 0.15) is 6.10 Å². The number of rotatable bonds is 18. The molecule has 166 valence electrons. The third kappa shape index (κ3) is 12.7. The number of nitrogens with one attached hydrogen (secondary N) is 1. The number of hydrogen-bond donors (Lipinski definition) is 3. The number of carbonyl (C=O) groups is 1. The zero-order chi connectivity index (χ0) is 21.2. The highest BCUT2D eigenvalue weighted by Crippen LogP contribution is 2.17. The van der Waals surface area contributed by atoms with Gasteiger partial charge in [0.2, 0.25) is 5.91 Å². The Labute approximate surface area is 178 Å². The van der Waals surface area contributed by atoms with Crippen LogP contribution in [0.1, 0.15) is 108 Å². The Hall–Kier alpha value is -1.39. The number of carbonyl (C=O) groups excluding carboxylic acids is 1. The first-order valence-corrected chi connectivity index (χ1v) is 11.8. The van der Waals surface area contributed by atoms with Crippen LogP contribution in [0.3, 0.4) is 0 Å². The van der Waals surface area contributed by atoms with E-state index in [1.807, 2.05) is 18.2 Å². The van der Waals surface area contributed by atoms with Crippen LogP contribution in [0, 0.1) is 0 Å². The number of amides is 1. The monoisotopic (exact) mass is 405 g/mol. The van der Waals surface area contributed by atoms with Gasteiger partial charge >= 0.3 is 0 Å². The van der Waals surface area contributed by atoms with Gasteiger partial charge in [0.25, 0.3) is 0 Å². The van der Waals surface area contributed by atoms with Crippen LogP contribution in [0.4, 0.5) is 0 Å². The third-order valence-electron chi connectivity index (χ3n) is 5.57. The lowest BCUT2D eigenvalue weighted by atomic mass is 10.0. The summed E-state index contributed by atoms with van der Waals surface area (Å²) in [5.74, 6) is -0.0953.